The largest absolute Gasteiger partial charge is 0.393 e. The van der Waals surface area contributed by atoms with E-state index in [4.69, 9.17) is 11.5 Å². The number of nitrogens with zero attached hydrogens (tertiary/aromatic N) is 2. The number of benzene rings is 1. The van der Waals surface area contributed by atoms with E-state index in [0.29, 0.717) is 19.0 Å². The van der Waals surface area contributed by atoms with E-state index in [1.165, 1.54) is 12.1 Å². The van der Waals surface area contributed by atoms with Crippen molar-refractivity contribution in [3.63, 3.8) is 0 Å². The van der Waals surface area contributed by atoms with E-state index in [-0.39, 0.29) is 17.9 Å². The predicted octanol–water partition coefficient (Wildman–Crippen LogP) is 1.12. The van der Waals surface area contributed by atoms with E-state index in [1.54, 1.807) is 6.07 Å². The van der Waals surface area contributed by atoms with Crippen LogP contribution in [0.2, 0.25) is 0 Å². The van der Waals surface area contributed by atoms with Crippen molar-refractivity contribution < 1.29 is 9.72 Å². The maximum Gasteiger partial charge on any atom is 0.292 e. The molecule has 0 fully saturated rings. The minimum absolute atomic E-state index is 0.119. The van der Waals surface area contributed by atoms with Crippen LogP contribution in [0, 0.1) is 16.0 Å². The summed E-state index contributed by atoms with van der Waals surface area (Å²) in [4.78, 5) is 23.3. The number of carbonyl (C=O) groups is 1. The molecule has 0 atom stereocenters. The van der Waals surface area contributed by atoms with Crippen LogP contribution < -0.4 is 11.5 Å². The van der Waals surface area contributed by atoms with Gasteiger partial charge in [-0.1, -0.05) is 19.9 Å². The second-order valence-corrected chi connectivity index (χ2v) is 5.18. The fraction of sp³-hybridized carbons (Fsp3) is 0.462. The van der Waals surface area contributed by atoms with Crippen LogP contribution in [0.3, 0.4) is 0 Å². The molecule has 1 aromatic rings. The van der Waals surface area contributed by atoms with Crippen molar-refractivity contribution in [1.82, 2.24) is 4.90 Å². The molecule has 20 heavy (non-hydrogen) atoms. The number of hydrogen-bond donors (Lipinski definition) is 2. The molecule has 0 aliphatic rings. The summed E-state index contributed by atoms with van der Waals surface area (Å²) >= 11 is 0. The highest BCUT2D eigenvalue weighted by atomic mass is 16.6. The van der Waals surface area contributed by atoms with Crippen LogP contribution in [-0.2, 0) is 11.3 Å². The van der Waals surface area contributed by atoms with Crippen LogP contribution in [0.1, 0.15) is 19.4 Å². The van der Waals surface area contributed by atoms with Crippen LogP contribution in [-0.4, -0.2) is 28.8 Å². The number of nitrogen functional groups attached to an aromatic ring is 1. The van der Waals surface area contributed by atoms with Gasteiger partial charge in [0.2, 0.25) is 5.91 Å². The van der Waals surface area contributed by atoms with Crippen molar-refractivity contribution in [2.24, 2.45) is 11.7 Å². The molecule has 7 heteroatoms. The maximum atomic E-state index is 11.1. The van der Waals surface area contributed by atoms with Gasteiger partial charge in [0.1, 0.15) is 5.69 Å². The summed E-state index contributed by atoms with van der Waals surface area (Å²) in [6.07, 6.45) is 0. The smallest absolute Gasteiger partial charge is 0.292 e. The minimum Gasteiger partial charge on any atom is -0.393 e. The Hall–Kier alpha value is -2.15. The lowest BCUT2D eigenvalue weighted by Gasteiger charge is -2.22. The van der Waals surface area contributed by atoms with Gasteiger partial charge in [0.05, 0.1) is 11.5 Å². The van der Waals surface area contributed by atoms with Crippen LogP contribution in [0.25, 0.3) is 0 Å². The average Bonchev–Trinajstić information content (AvgIpc) is 2.29. The van der Waals surface area contributed by atoms with Gasteiger partial charge in [0.25, 0.3) is 5.69 Å². The monoisotopic (exact) mass is 280 g/mol. The van der Waals surface area contributed by atoms with Gasteiger partial charge in [-0.2, -0.15) is 0 Å². The Kier molecular flexibility index (Phi) is 5.45. The number of nitro groups is 1. The number of primary amides is 1. The topological polar surface area (TPSA) is 115 Å². The zero-order valence-corrected chi connectivity index (χ0v) is 11.7. The van der Waals surface area contributed by atoms with Gasteiger partial charge in [-0.3, -0.25) is 19.8 Å². The molecule has 0 aliphatic carbocycles. The van der Waals surface area contributed by atoms with Crippen molar-refractivity contribution >= 4 is 17.3 Å². The Morgan fingerprint density at radius 2 is 2.10 bits per heavy atom. The van der Waals surface area contributed by atoms with Gasteiger partial charge < -0.3 is 11.5 Å². The lowest BCUT2D eigenvalue weighted by atomic mass is 10.1. The number of hydrogen-bond acceptors (Lipinski definition) is 5. The van der Waals surface area contributed by atoms with E-state index < -0.39 is 10.8 Å². The average molecular weight is 280 g/mol. The molecule has 1 rings (SSSR count). The van der Waals surface area contributed by atoms with E-state index in [9.17, 15) is 14.9 Å². The molecule has 1 aromatic carbocycles. The number of carbonyl (C=O) groups excluding carboxylic acids is 1. The highest BCUT2D eigenvalue weighted by Crippen LogP contribution is 2.23. The number of nitro benzene ring substituents is 1. The molecule has 0 spiro atoms. The van der Waals surface area contributed by atoms with Crippen LogP contribution in [0.5, 0.6) is 0 Å². The molecule has 7 nitrogen and oxygen atoms in total. The minimum atomic E-state index is -0.514. The summed E-state index contributed by atoms with van der Waals surface area (Å²) in [7, 11) is 0. The van der Waals surface area contributed by atoms with Crippen LogP contribution >= 0.6 is 0 Å². The second-order valence-electron chi connectivity index (χ2n) is 5.18. The standard InChI is InChI=1S/C13H20N4O3/c1-9(2)6-16(8-13(15)18)7-10-3-4-11(14)12(5-10)17(19)20/h3-5,9H,6-8,14H2,1-2H3,(H2,15,18). The van der Waals surface area contributed by atoms with Crippen molar-refractivity contribution in [1.29, 1.82) is 0 Å². The van der Waals surface area contributed by atoms with Gasteiger partial charge in [0.15, 0.2) is 0 Å². The van der Waals surface area contributed by atoms with Crippen LogP contribution in [0.4, 0.5) is 11.4 Å². The third kappa shape index (κ3) is 4.85. The summed E-state index contributed by atoms with van der Waals surface area (Å²) < 4.78 is 0. The van der Waals surface area contributed by atoms with Gasteiger partial charge in [0, 0.05) is 19.2 Å². The van der Waals surface area contributed by atoms with Crippen LogP contribution in [0.15, 0.2) is 18.2 Å². The molecule has 1 amide bonds. The molecular formula is C13H20N4O3. The Labute approximate surface area is 117 Å². The quantitative estimate of drug-likeness (QED) is 0.441. The SMILES string of the molecule is CC(C)CN(CC(N)=O)Cc1ccc(N)c([N+](=O)[O-])c1. The van der Waals surface area contributed by atoms with Crippen molar-refractivity contribution in [3.8, 4) is 0 Å². The van der Waals surface area contributed by atoms with E-state index in [0.717, 1.165) is 5.56 Å². The lowest BCUT2D eigenvalue weighted by molar-refractivity contribution is -0.384. The number of rotatable bonds is 7. The fourth-order valence-corrected chi connectivity index (χ4v) is 2.03. The first-order valence-corrected chi connectivity index (χ1v) is 6.33. The molecule has 4 N–H and O–H groups in total. The maximum absolute atomic E-state index is 11.1. The summed E-state index contributed by atoms with van der Waals surface area (Å²) in [6.45, 7) is 5.28. The first kappa shape index (κ1) is 15.9. The van der Waals surface area contributed by atoms with Gasteiger partial charge >= 0.3 is 0 Å². The lowest BCUT2D eigenvalue weighted by Crippen LogP contribution is -2.35. The Morgan fingerprint density at radius 3 is 2.60 bits per heavy atom. The van der Waals surface area contributed by atoms with Crippen molar-refractivity contribution in [2.45, 2.75) is 20.4 Å². The van der Waals surface area contributed by atoms with Crippen molar-refractivity contribution in [3.05, 3.63) is 33.9 Å². The number of amides is 1. The van der Waals surface area contributed by atoms with Gasteiger partial charge in [-0.05, 0) is 17.5 Å². The summed E-state index contributed by atoms with van der Waals surface area (Å²) in [5.41, 5.74) is 11.5. The highest BCUT2D eigenvalue weighted by molar-refractivity contribution is 5.75. The van der Waals surface area contributed by atoms with E-state index in [2.05, 4.69) is 0 Å². The van der Waals surface area contributed by atoms with Crippen molar-refractivity contribution in [2.75, 3.05) is 18.8 Å². The van der Waals surface area contributed by atoms with Gasteiger partial charge in [-0.25, -0.2) is 0 Å². The molecule has 0 bridgehead atoms. The molecule has 0 heterocycles. The molecule has 0 aliphatic heterocycles. The molecule has 0 aromatic heterocycles. The molecule has 0 unspecified atom stereocenters. The highest BCUT2D eigenvalue weighted by Gasteiger charge is 2.15. The fourth-order valence-electron chi connectivity index (χ4n) is 2.03. The molecule has 0 saturated heterocycles. The second kappa shape index (κ2) is 6.85. The summed E-state index contributed by atoms with van der Waals surface area (Å²) in [5.74, 6) is -0.0614. The van der Waals surface area contributed by atoms with E-state index >= 15 is 0 Å². The summed E-state index contributed by atoms with van der Waals surface area (Å²) in [5, 5.41) is 10.9. The third-order valence-corrected chi connectivity index (χ3v) is 2.70. The zero-order chi connectivity index (χ0) is 15.3. The predicted molar refractivity (Wildman–Crippen MR) is 76.8 cm³/mol. The molecule has 110 valence electrons. The molecule has 0 saturated carbocycles. The number of nitrogens with two attached hydrogens (primary N) is 2. The molecular weight excluding hydrogens is 260 g/mol. The van der Waals surface area contributed by atoms with E-state index in [1.807, 2.05) is 18.7 Å². The normalized spacial score (nSPS) is 11.0. The Morgan fingerprint density at radius 1 is 1.45 bits per heavy atom. The Bertz CT molecular complexity index is 502. The zero-order valence-electron chi connectivity index (χ0n) is 11.7. The number of anilines is 1. The Balaban J connectivity index is 2.90. The first-order chi connectivity index (χ1) is 9.29. The van der Waals surface area contributed by atoms with Gasteiger partial charge in [-0.15, -0.1) is 0 Å². The third-order valence-electron chi connectivity index (χ3n) is 2.70. The molecule has 0 radical (unpaired) electrons. The first-order valence-electron chi connectivity index (χ1n) is 6.33. The summed E-state index contributed by atoms with van der Waals surface area (Å²) in [6, 6.07) is 4.66.